The molecule has 2 aromatic heterocycles. The molecule has 1 aliphatic heterocycles. The molecule has 31 heavy (non-hydrogen) atoms. The average Bonchev–Trinajstić information content (AvgIpc) is 3.41. The number of aromatic nitrogens is 3. The van der Waals surface area contributed by atoms with E-state index in [0.29, 0.717) is 5.95 Å². The second-order valence-electron chi connectivity index (χ2n) is 8.28. The lowest BCUT2D eigenvalue weighted by Gasteiger charge is -2.27. The number of anilines is 1. The molecule has 1 aromatic carbocycles. The number of aryl methyl sites for hydroxylation is 1. The van der Waals surface area contributed by atoms with Crippen LogP contribution in [0, 0.1) is 6.92 Å². The smallest absolute Gasteiger partial charge is 0.225 e. The van der Waals surface area contributed by atoms with Gasteiger partial charge in [-0.3, -0.25) is 4.90 Å². The van der Waals surface area contributed by atoms with Crippen LogP contribution in [0.2, 0.25) is 0 Å². The van der Waals surface area contributed by atoms with Crippen molar-refractivity contribution in [1.82, 2.24) is 20.0 Å². The van der Waals surface area contributed by atoms with Crippen molar-refractivity contribution >= 4 is 5.95 Å². The Bertz CT molecular complexity index is 1020. The van der Waals surface area contributed by atoms with Crippen LogP contribution in [-0.2, 0) is 6.54 Å². The van der Waals surface area contributed by atoms with Crippen LogP contribution in [0.4, 0.5) is 5.95 Å². The zero-order chi connectivity index (χ0) is 21.8. The van der Waals surface area contributed by atoms with Crippen molar-refractivity contribution in [1.29, 1.82) is 0 Å². The van der Waals surface area contributed by atoms with Gasteiger partial charge in [0.05, 0.1) is 29.6 Å². The molecule has 0 spiro atoms. The molecule has 3 aromatic rings. The van der Waals surface area contributed by atoms with Gasteiger partial charge in [0.25, 0.3) is 0 Å². The molecule has 0 N–H and O–H groups in total. The molecule has 0 bridgehead atoms. The van der Waals surface area contributed by atoms with E-state index < -0.39 is 0 Å². The molecule has 3 heterocycles. The number of likely N-dealkylation sites (tertiary alicyclic amines) is 1. The van der Waals surface area contributed by atoms with Crippen LogP contribution < -0.4 is 9.64 Å². The molecule has 0 amide bonds. The zero-order valence-electron chi connectivity index (χ0n) is 18.8. The standard InChI is InChI=1S/C24H31N5O2/c1-5-13-30-21-11-7-6-9-18(21)16-29-12-8-10-20(29)23-19(22-14-17(2)27-31-22)15-25-24(26-23)28(3)4/h6-7,9,11,14-15,20H,5,8,10,12-13,16H2,1-4H3/t20-/m0/s1. The number of hydrogen-bond donors (Lipinski definition) is 0. The van der Waals surface area contributed by atoms with Crippen LogP contribution in [0.1, 0.15) is 49.2 Å². The molecule has 1 fully saturated rings. The van der Waals surface area contributed by atoms with Crippen LogP contribution in [-0.4, -0.2) is 47.3 Å². The molecule has 1 atom stereocenters. The molecule has 1 aliphatic rings. The monoisotopic (exact) mass is 421 g/mol. The lowest BCUT2D eigenvalue weighted by Crippen LogP contribution is -2.25. The molecule has 164 valence electrons. The predicted molar refractivity (Wildman–Crippen MR) is 121 cm³/mol. The summed E-state index contributed by atoms with van der Waals surface area (Å²) in [5, 5.41) is 4.07. The summed E-state index contributed by atoms with van der Waals surface area (Å²) in [7, 11) is 3.93. The van der Waals surface area contributed by atoms with E-state index in [1.165, 1.54) is 5.56 Å². The Morgan fingerprint density at radius 3 is 2.84 bits per heavy atom. The third-order valence-corrected chi connectivity index (χ3v) is 5.59. The molecular formula is C24H31N5O2. The van der Waals surface area contributed by atoms with Crippen molar-refractivity contribution < 1.29 is 9.26 Å². The van der Waals surface area contributed by atoms with E-state index in [-0.39, 0.29) is 6.04 Å². The van der Waals surface area contributed by atoms with Crippen molar-refractivity contribution in [2.45, 2.75) is 45.7 Å². The minimum absolute atomic E-state index is 0.182. The van der Waals surface area contributed by atoms with Crippen LogP contribution in [0.15, 0.2) is 41.1 Å². The summed E-state index contributed by atoms with van der Waals surface area (Å²) in [5.74, 6) is 2.39. The molecular weight excluding hydrogens is 390 g/mol. The fourth-order valence-corrected chi connectivity index (χ4v) is 4.07. The Kier molecular flexibility index (Phi) is 6.51. The molecule has 0 radical (unpaired) electrons. The first kappa shape index (κ1) is 21.3. The van der Waals surface area contributed by atoms with Gasteiger partial charge in [0.15, 0.2) is 5.76 Å². The quantitative estimate of drug-likeness (QED) is 0.525. The molecule has 1 saturated heterocycles. The summed E-state index contributed by atoms with van der Waals surface area (Å²) in [4.78, 5) is 13.9. The van der Waals surface area contributed by atoms with Gasteiger partial charge in [-0.25, -0.2) is 9.97 Å². The Balaban J connectivity index is 1.68. The Hall–Kier alpha value is -2.93. The van der Waals surface area contributed by atoms with E-state index in [1.807, 2.05) is 44.2 Å². The molecule has 7 nitrogen and oxygen atoms in total. The average molecular weight is 422 g/mol. The summed E-state index contributed by atoms with van der Waals surface area (Å²) in [5.41, 5.74) is 3.97. The Morgan fingerprint density at radius 2 is 2.10 bits per heavy atom. The minimum atomic E-state index is 0.182. The van der Waals surface area contributed by atoms with E-state index in [2.05, 4.69) is 40.2 Å². The van der Waals surface area contributed by atoms with Gasteiger partial charge in [0, 0.05) is 38.5 Å². The van der Waals surface area contributed by atoms with Gasteiger partial charge in [-0.05, 0) is 38.8 Å². The lowest BCUT2D eigenvalue weighted by atomic mass is 10.0. The van der Waals surface area contributed by atoms with E-state index in [1.54, 1.807) is 0 Å². The number of hydrogen-bond acceptors (Lipinski definition) is 7. The maximum atomic E-state index is 6.00. The second-order valence-corrected chi connectivity index (χ2v) is 8.28. The maximum Gasteiger partial charge on any atom is 0.225 e. The third-order valence-electron chi connectivity index (χ3n) is 5.59. The molecule has 7 heteroatoms. The summed E-state index contributed by atoms with van der Waals surface area (Å²) in [6.07, 6.45) is 5.03. The van der Waals surface area contributed by atoms with E-state index >= 15 is 0 Å². The molecule has 4 rings (SSSR count). The highest BCUT2D eigenvalue weighted by atomic mass is 16.5. The highest BCUT2D eigenvalue weighted by molar-refractivity contribution is 5.61. The number of ether oxygens (including phenoxy) is 1. The Morgan fingerprint density at radius 1 is 1.26 bits per heavy atom. The van der Waals surface area contributed by atoms with Gasteiger partial charge in [-0.15, -0.1) is 0 Å². The third kappa shape index (κ3) is 4.71. The van der Waals surface area contributed by atoms with Crippen LogP contribution in [0.25, 0.3) is 11.3 Å². The minimum Gasteiger partial charge on any atom is -0.493 e. The van der Waals surface area contributed by atoms with Crippen molar-refractivity contribution in [2.75, 3.05) is 32.1 Å². The van der Waals surface area contributed by atoms with Gasteiger partial charge in [-0.1, -0.05) is 30.3 Å². The van der Waals surface area contributed by atoms with E-state index in [0.717, 1.165) is 67.4 Å². The lowest BCUT2D eigenvalue weighted by molar-refractivity contribution is 0.237. The van der Waals surface area contributed by atoms with Crippen molar-refractivity contribution in [3.63, 3.8) is 0 Å². The van der Waals surface area contributed by atoms with Crippen molar-refractivity contribution in [2.24, 2.45) is 0 Å². The predicted octanol–water partition coefficient (Wildman–Crippen LogP) is 4.63. The fraction of sp³-hybridized carbons (Fsp3) is 0.458. The van der Waals surface area contributed by atoms with Crippen LogP contribution >= 0.6 is 0 Å². The molecule has 0 unspecified atom stereocenters. The van der Waals surface area contributed by atoms with Crippen LogP contribution in [0.3, 0.4) is 0 Å². The normalized spacial score (nSPS) is 16.6. The summed E-state index contributed by atoms with van der Waals surface area (Å²) in [6, 6.07) is 10.5. The van der Waals surface area contributed by atoms with E-state index in [9.17, 15) is 0 Å². The first-order valence-electron chi connectivity index (χ1n) is 11.0. The first-order valence-corrected chi connectivity index (χ1v) is 11.0. The highest BCUT2D eigenvalue weighted by Crippen LogP contribution is 2.38. The topological polar surface area (TPSA) is 67.5 Å². The fourth-order valence-electron chi connectivity index (χ4n) is 4.07. The number of benzene rings is 1. The Labute approximate surface area is 184 Å². The summed E-state index contributed by atoms with van der Waals surface area (Å²) in [6.45, 7) is 6.62. The molecule has 0 saturated carbocycles. The summed E-state index contributed by atoms with van der Waals surface area (Å²) >= 11 is 0. The number of para-hydroxylation sites is 1. The SMILES string of the molecule is CCCOc1ccccc1CN1CCC[C@H]1c1nc(N(C)C)ncc1-c1cc(C)no1. The van der Waals surface area contributed by atoms with Gasteiger partial charge in [0.2, 0.25) is 5.95 Å². The largest absolute Gasteiger partial charge is 0.493 e. The number of rotatable bonds is 8. The first-order chi connectivity index (χ1) is 15.1. The maximum absolute atomic E-state index is 6.00. The highest BCUT2D eigenvalue weighted by Gasteiger charge is 2.31. The van der Waals surface area contributed by atoms with Gasteiger partial charge < -0.3 is 14.2 Å². The van der Waals surface area contributed by atoms with Crippen molar-refractivity contribution in [3.05, 3.63) is 53.5 Å². The summed E-state index contributed by atoms with van der Waals surface area (Å²) < 4.78 is 11.6. The van der Waals surface area contributed by atoms with Crippen molar-refractivity contribution in [3.8, 4) is 17.1 Å². The van der Waals surface area contributed by atoms with Gasteiger partial charge in [0.1, 0.15) is 5.75 Å². The second kappa shape index (κ2) is 9.47. The van der Waals surface area contributed by atoms with Crippen LogP contribution in [0.5, 0.6) is 5.75 Å². The molecule has 0 aliphatic carbocycles. The van der Waals surface area contributed by atoms with E-state index in [4.69, 9.17) is 14.2 Å². The number of nitrogens with zero attached hydrogens (tertiary/aromatic N) is 5. The zero-order valence-corrected chi connectivity index (χ0v) is 18.8. The van der Waals surface area contributed by atoms with Gasteiger partial charge >= 0.3 is 0 Å². The van der Waals surface area contributed by atoms with Gasteiger partial charge in [-0.2, -0.15) is 0 Å².